The number of halogens is 3. The van der Waals surface area contributed by atoms with Gasteiger partial charge in [-0.1, -0.05) is 40.9 Å². The van der Waals surface area contributed by atoms with Crippen molar-refractivity contribution in [3.8, 4) is 11.5 Å². The maximum absolute atomic E-state index is 9.24. The first kappa shape index (κ1) is 17.2. The second kappa shape index (κ2) is 7.93. The van der Waals surface area contributed by atoms with Crippen molar-refractivity contribution >= 4 is 34.8 Å². The Morgan fingerprint density at radius 3 is 2.27 bits per heavy atom. The van der Waals surface area contributed by atoms with E-state index in [1.807, 2.05) is 6.92 Å². The lowest BCUT2D eigenvalue weighted by atomic mass is 10.2. The highest BCUT2D eigenvalue weighted by atomic mass is 35.5. The number of hydrogen-bond donors (Lipinski definition) is 1. The Hall–Kier alpha value is -1.13. The molecule has 0 aliphatic heterocycles. The summed E-state index contributed by atoms with van der Waals surface area (Å²) in [6, 6.07) is 8.58. The highest BCUT2D eigenvalue weighted by Crippen LogP contribution is 2.38. The van der Waals surface area contributed by atoms with Crippen LogP contribution in [0.25, 0.3) is 0 Å². The number of ether oxygens (including phenoxy) is 2. The molecule has 0 saturated carbocycles. The van der Waals surface area contributed by atoms with Crippen LogP contribution in [0.2, 0.25) is 15.1 Å². The van der Waals surface area contributed by atoms with Crippen molar-refractivity contribution in [3.63, 3.8) is 0 Å². The lowest BCUT2D eigenvalue weighted by Crippen LogP contribution is -2.02. The van der Waals surface area contributed by atoms with Gasteiger partial charge >= 0.3 is 0 Å². The maximum Gasteiger partial charge on any atom is 0.180 e. The summed E-state index contributed by atoms with van der Waals surface area (Å²) in [5.74, 6) is 0.874. The predicted octanol–water partition coefficient (Wildman–Crippen LogP) is 5.12. The molecule has 0 amide bonds. The minimum absolute atomic E-state index is 0.129. The van der Waals surface area contributed by atoms with Crippen molar-refractivity contribution in [2.45, 2.75) is 20.1 Å². The normalized spacial score (nSPS) is 10.6. The number of hydrogen-bond acceptors (Lipinski definition) is 3. The van der Waals surface area contributed by atoms with Gasteiger partial charge in [-0.05, 0) is 36.8 Å². The summed E-state index contributed by atoms with van der Waals surface area (Å²) in [5, 5.41) is 10.6. The number of benzene rings is 2. The van der Waals surface area contributed by atoms with E-state index in [1.54, 1.807) is 30.3 Å². The summed E-state index contributed by atoms with van der Waals surface area (Å²) < 4.78 is 11.3. The van der Waals surface area contributed by atoms with E-state index in [1.165, 1.54) is 0 Å². The van der Waals surface area contributed by atoms with Crippen LogP contribution >= 0.6 is 34.8 Å². The molecule has 1 N–H and O–H groups in total. The Bertz CT molecular complexity index is 639. The largest absolute Gasteiger partial charge is 0.490 e. The fraction of sp³-hybridized carbons (Fsp3) is 0.250. The van der Waals surface area contributed by atoms with Gasteiger partial charge in [-0.3, -0.25) is 0 Å². The van der Waals surface area contributed by atoms with Gasteiger partial charge in [-0.15, -0.1) is 0 Å². The molecule has 0 radical (unpaired) electrons. The molecule has 0 heterocycles. The molecule has 6 heteroatoms. The standard InChI is InChI=1S/C16H15Cl3O3/c1-2-21-15-7-10(8-20)6-14(19)16(15)22-9-11-12(17)4-3-5-13(11)18/h3-7,20H,2,8-9H2,1H3. The molecule has 0 aliphatic rings. The van der Waals surface area contributed by atoms with Crippen LogP contribution in [0.5, 0.6) is 11.5 Å². The Labute approximate surface area is 144 Å². The molecular formula is C16H15Cl3O3. The van der Waals surface area contributed by atoms with Crippen molar-refractivity contribution in [2.75, 3.05) is 6.61 Å². The van der Waals surface area contributed by atoms with Crippen LogP contribution in [0.3, 0.4) is 0 Å². The summed E-state index contributed by atoms with van der Waals surface area (Å²) in [6.07, 6.45) is 0. The Morgan fingerprint density at radius 1 is 1.00 bits per heavy atom. The highest BCUT2D eigenvalue weighted by molar-refractivity contribution is 6.36. The van der Waals surface area contributed by atoms with Gasteiger partial charge in [0, 0.05) is 15.6 Å². The second-order valence-corrected chi connectivity index (χ2v) is 5.71. The van der Waals surface area contributed by atoms with Gasteiger partial charge in [0.25, 0.3) is 0 Å². The van der Waals surface area contributed by atoms with Crippen LogP contribution in [0.4, 0.5) is 0 Å². The molecule has 0 fully saturated rings. The molecule has 0 atom stereocenters. The monoisotopic (exact) mass is 360 g/mol. The van der Waals surface area contributed by atoms with Crippen LogP contribution in [0.15, 0.2) is 30.3 Å². The molecule has 0 spiro atoms. The van der Waals surface area contributed by atoms with Gasteiger partial charge < -0.3 is 14.6 Å². The third kappa shape index (κ3) is 3.99. The van der Waals surface area contributed by atoms with E-state index in [9.17, 15) is 5.11 Å². The van der Waals surface area contributed by atoms with Crippen LogP contribution < -0.4 is 9.47 Å². The van der Waals surface area contributed by atoms with Gasteiger partial charge in [0.2, 0.25) is 0 Å². The predicted molar refractivity (Wildman–Crippen MR) is 89.3 cm³/mol. The first-order chi connectivity index (χ1) is 10.6. The smallest absolute Gasteiger partial charge is 0.180 e. The highest BCUT2D eigenvalue weighted by Gasteiger charge is 2.14. The second-order valence-electron chi connectivity index (χ2n) is 4.48. The Morgan fingerprint density at radius 2 is 1.68 bits per heavy atom. The average Bonchev–Trinajstić information content (AvgIpc) is 2.48. The van der Waals surface area contributed by atoms with E-state index in [4.69, 9.17) is 44.3 Å². The summed E-state index contributed by atoms with van der Waals surface area (Å²) in [5.41, 5.74) is 1.33. The molecule has 0 aliphatic carbocycles. The topological polar surface area (TPSA) is 38.7 Å². The molecule has 0 aromatic heterocycles. The molecular weight excluding hydrogens is 347 g/mol. The Balaban J connectivity index is 2.29. The molecule has 3 nitrogen and oxygen atoms in total. The number of aliphatic hydroxyl groups excluding tert-OH is 1. The number of rotatable bonds is 6. The van der Waals surface area contributed by atoms with Gasteiger partial charge in [0.15, 0.2) is 11.5 Å². The molecule has 2 rings (SSSR count). The maximum atomic E-state index is 9.24. The minimum Gasteiger partial charge on any atom is -0.490 e. The minimum atomic E-state index is -0.129. The van der Waals surface area contributed by atoms with Crippen LogP contribution in [-0.2, 0) is 13.2 Å². The first-order valence-corrected chi connectivity index (χ1v) is 7.82. The van der Waals surface area contributed by atoms with Crippen molar-refractivity contribution in [2.24, 2.45) is 0 Å². The zero-order valence-electron chi connectivity index (χ0n) is 11.9. The van der Waals surface area contributed by atoms with Crippen molar-refractivity contribution < 1.29 is 14.6 Å². The van der Waals surface area contributed by atoms with Gasteiger partial charge in [-0.2, -0.15) is 0 Å². The van der Waals surface area contributed by atoms with Gasteiger partial charge in [0.05, 0.1) is 18.2 Å². The summed E-state index contributed by atoms with van der Waals surface area (Å²) in [6.45, 7) is 2.34. The van der Waals surface area contributed by atoms with E-state index in [0.717, 1.165) is 0 Å². The van der Waals surface area contributed by atoms with Crippen LogP contribution in [0.1, 0.15) is 18.1 Å². The lowest BCUT2D eigenvalue weighted by molar-refractivity contribution is 0.264. The molecule has 2 aromatic carbocycles. The molecule has 0 unspecified atom stereocenters. The van der Waals surface area contributed by atoms with E-state index in [0.29, 0.717) is 44.3 Å². The van der Waals surface area contributed by atoms with Crippen LogP contribution in [0, 0.1) is 0 Å². The van der Waals surface area contributed by atoms with E-state index >= 15 is 0 Å². The molecule has 0 bridgehead atoms. The van der Waals surface area contributed by atoms with Crippen LogP contribution in [-0.4, -0.2) is 11.7 Å². The van der Waals surface area contributed by atoms with E-state index in [2.05, 4.69) is 0 Å². The zero-order valence-corrected chi connectivity index (χ0v) is 14.2. The van der Waals surface area contributed by atoms with Crippen molar-refractivity contribution in [1.82, 2.24) is 0 Å². The lowest BCUT2D eigenvalue weighted by Gasteiger charge is -2.15. The quantitative estimate of drug-likeness (QED) is 0.776. The van der Waals surface area contributed by atoms with Crippen molar-refractivity contribution in [1.29, 1.82) is 0 Å². The molecule has 22 heavy (non-hydrogen) atoms. The third-order valence-electron chi connectivity index (χ3n) is 2.97. The SMILES string of the molecule is CCOc1cc(CO)cc(Cl)c1OCc1c(Cl)cccc1Cl. The third-order valence-corrected chi connectivity index (χ3v) is 3.96. The first-order valence-electron chi connectivity index (χ1n) is 6.68. The molecule has 118 valence electrons. The zero-order chi connectivity index (χ0) is 16.1. The van der Waals surface area contributed by atoms with E-state index < -0.39 is 0 Å². The number of aliphatic hydroxyl groups is 1. The van der Waals surface area contributed by atoms with Gasteiger partial charge in [0.1, 0.15) is 6.61 Å². The van der Waals surface area contributed by atoms with E-state index in [-0.39, 0.29) is 13.2 Å². The summed E-state index contributed by atoms with van der Waals surface area (Å²) in [4.78, 5) is 0. The summed E-state index contributed by atoms with van der Waals surface area (Å²) >= 11 is 18.5. The van der Waals surface area contributed by atoms with Crippen molar-refractivity contribution in [3.05, 3.63) is 56.5 Å². The summed E-state index contributed by atoms with van der Waals surface area (Å²) in [7, 11) is 0. The average molecular weight is 362 g/mol. The molecule has 0 saturated heterocycles. The molecule has 2 aromatic rings. The van der Waals surface area contributed by atoms with Gasteiger partial charge in [-0.25, -0.2) is 0 Å². The fourth-order valence-electron chi connectivity index (χ4n) is 1.93. The Kier molecular flexibility index (Phi) is 6.21. The fourth-order valence-corrected chi connectivity index (χ4v) is 2.72.